The van der Waals surface area contributed by atoms with Crippen LogP contribution in [0.4, 0.5) is 5.69 Å². The van der Waals surface area contributed by atoms with Crippen molar-refractivity contribution in [2.24, 2.45) is 5.92 Å². The summed E-state index contributed by atoms with van der Waals surface area (Å²) in [4.78, 5) is 28.7. The molecule has 0 saturated carbocycles. The van der Waals surface area contributed by atoms with Crippen LogP contribution in [0.3, 0.4) is 0 Å². The Morgan fingerprint density at radius 2 is 1.56 bits per heavy atom. The van der Waals surface area contributed by atoms with Crippen molar-refractivity contribution in [1.82, 2.24) is 10.2 Å². The van der Waals surface area contributed by atoms with E-state index in [0.29, 0.717) is 22.2 Å². The summed E-state index contributed by atoms with van der Waals surface area (Å²) >= 11 is 24.8. The maximum Gasteiger partial charge on any atom is 0.264 e. The molecule has 0 aliphatic heterocycles. The Labute approximate surface area is 261 Å². The van der Waals surface area contributed by atoms with Crippen LogP contribution in [0, 0.1) is 5.92 Å². The lowest BCUT2D eigenvalue weighted by molar-refractivity contribution is -0.140. The molecule has 0 aliphatic rings. The smallest absolute Gasteiger partial charge is 0.264 e. The summed E-state index contributed by atoms with van der Waals surface area (Å²) in [7, 11) is -4.23. The summed E-state index contributed by atoms with van der Waals surface area (Å²) in [6.45, 7) is 5.44. The van der Waals surface area contributed by atoms with Gasteiger partial charge in [0.25, 0.3) is 10.0 Å². The highest BCUT2D eigenvalue weighted by Gasteiger charge is 2.34. The number of anilines is 1. The van der Waals surface area contributed by atoms with Crippen molar-refractivity contribution < 1.29 is 18.0 Å². The van der Waals surface area contributed by atoms with Gasteiger partial charge in [0.2, 0.25) is 11.8 Å². The third-order valence-electron chi connectivity index (χ3n) is 6.23. The number of sulfonamides is 1. The summed E-state index contributed by atoms with van der Waals surface area (Å²) in [5.74, 6) is -0.785. The first-order valence-corrected chi connectivity index (χ1v) is 15.8. The Kier molecular flexibility index (Phi) is 11.8. The third-order valence-corrected chi connectivity index (χ3v) is 9.34. The van der Waals surface area contributed by atoms with Gasteiger partial charge in [-0.1, -0.05) is 91.4 Å². The van der Waals surface area contributed by atoms with Crippen LogP contribution in [-0.2, 0) is 26.2 Å². The van der Waals surface area contributed by atoms with Gasteiger partial charge >= 0.3 is 0 Å². The van der Waals surface area contributed by atoms with E-state index >= 15 is 0 Å². The van der Waals surface area contributed by atoms with Crippen LogP contribution < -0.4 is 9.62 Å². The average molecular weight is 659 g/mol. The standard InChI is InChI=1S/C29H31Cl4N3O4S/c1-4-27(29(38)34-16-19(2)3)35(17-20-10-11-21(30)14-25(20)32)28(37)18-36(22-12-13-24(31)26(33)15-22)41(39,40)23-8-6-5-7-9-23/h5-15,19,27H,4,16-18H2,1-3H3,(H,34,38)/t27-/m0/s1. The zero-order valence-electron chi connectivity index (χ0n) is 22.8. The topological polar surface area (TPSA) is 86.8 Å². The van der Waals surface area contributed by atoms with Crippen LogP contribution in [0.2, 0.25) is 20.1 Å². The van der Waals surface area contributed by atoms with Crippen LogP contribution in [0.1, 0.15) is 32.8 Å². The van der Waals surface area contributed by atoms with E-state index in [4.69, 9.17) is 46.4 Å². The molecule has 1 N–H and O–H groups in total. The second-order valence-electron chi connectivity index (χ2n) is 9.74. The molecule has 3 rings (SSSR count). The molecule has 41 heavy (non-hydrogen) atoms. The quantitative estimate of drug-likeness (QED) is 0.225. The zero-order valence-corrected chi connectivity index (χ0v) is 26.6. The van der Waals surface area contributed by atoms with Gasteiger partial charge in [-0.2, -0.15) is 0 Å². The normalized spacial score (nSPS) is 12.2. The molecular formula is C29H31Cl4N3O4S. The second kappa shape index (κ2) is 14.6. The van der Waals surface area contributed by atoms with Gasteiger partial charge < -0.3 is 10.2 Å². The van der Waals surface area contributed by atoms with Crippen molar-refractivity contribution >= 4 is 73.9 Å². The van der Waals surface area contributed by atoms with Crippen molar-refractivity contribution in [3.8, 4) is 0 Å². The first kappa shape index (κ1) is 33.0. The van der Waals surface area contributed by atoms with Gasteiger partial charge in [-0.3, -0.25) is 13.9 Å². The molecule has 0 radical (unpaired) electrons. The Bertz CT molecular complexity index is 1490. The van der Waals surface area contributed by atoms with E-state index in [1.54, 1.807) is 43.3 Å². The molecule has 3 aromatic carbocycles. The van der Waals surface area contributed by atoms with E-state index in [2.05, 4.69) is 5.32 Å². The predicted octanol–water partition coefficient (Wildman–Crippen LogP) is 7.08. The number of halogens is 4. The summed E-state index contributed by atoms with van der Waals surface area (Å²) < 4.78 is 28.7. The Balaban J connectivity index is 2.08. The average Bonchev–Trinajstić information content (AvgIpc) is 2.93. The molecule has 7 nitrogen and oxygen atoms in total. The molecule has 3 aromatic rings. The van der Waals surface area contributed by atoms with Crippen LogP contribution in [0.5, 0.6) is 0 Å². The van der Waals surface area contributed by atoms with Crippen molar-refractivity contribution in [2.45, 2.75) is 44.7 Å². The molecule has 0 aliphatic carbocycles. The van der Waals surface area contributed by atoms with Gasteiger partial charge in [-0.15, -0.1) is 0 Å². The number of carbonyl (C=O) groups is 2. The maximum absolute atomic E-state index is 14.1. The number of amides is 2. The van der Waals surface area contributed by atoms with Gasteiger partial charge in [0.05, 0.1) is 20.6 Å². The maximum atomic E-state index is 14.1. The van der Waals surface area contributed by atoms with Crippen molar-refractivity contribution in [3.63, 3.8) is 0 Å². The fourth-order valence-electron chi connectivity index (χ4n) is 4.06. The molecule has 0 fully saturated rings. The Hall–Kier alpha value is -2.49. The van der Waals surface area contributed by atoms with Crippen LogP contribution in [-0.4, -0.2) is 44.3 Å². The van der Waals surface area contributed by atoms with Gasteiger partial charge in [0, 0.05) is 23.1 Å². The van der Waals surface area contributed by atoms with E-state index in [1.807, 2.05) is 13.8 Å². The SMILES string of the molecule is CC[C@@H](C(=O)NCC(C)C)N(Cc1ccc(Cl)cc1Cl)C(=O)CN(c1ccc(Cl)c(Cl)c1)S(=O)(=O)c1ccccc1. The van der Waals surface area contributed by atoms with E-state index < -0.39 is 28.5 Å². The van der Waals surface area contributed by atoms with Gasteiger partial charge in [0.1, 0.15) is 12.6 Å². The van der Waals surface area contributed by atoms with Crippen LogP contribution in [0.15, 0.2) is 71.6 Å². The number of rotatable bonds is 12. The highest BCUT2D eigenvalue weighted by atomic mass is 35.5. The summed E-state index contributed by atoms with van der Waals surface area (Å²) in [6.07, 6.45) is 0.277. The molecule has 0 unspecified atom stereocenters. The van der Waals surface area contributed by atoms with E-state index in [0.717, 1.165) is 4.31 Å². The highest BCUT2D eigenvalue weighted by molar-refractivity contribution is 7.92. The van der Waals surface area contributed by atoms with Crippen molar-refractivity contribution in [1.29, 1.82) is 0 Å². The van der Waals surface area contributed by atoms with Gasteiger partial charge in [-0.25, -0.2) is 8.42 Å². The Morgan fingerprint density at radius 1 is 0.878 bits per heavy atom. The summed E-state index contributed by atoms with van der Waals surface area (Å²) in [5, 5.41) is 3.95. The molecule has 2 amide bonds. The Morgan fingerprint density at radius 3 is 2.15 bits per heavy atom. The zero-order chi connectivity index (χ0) is 30.3. The van der Waals surface area contributed by atoms with Gasteiger partial charge in [-0.05, 0) is 60.4 Å². The molecule has 0 bridgehead atoms. The second-order valence-corrected chi connectivity index (χ2v) is 13.3. The molecule has 12 heteroatoms. The van der Waals surface area contributed by atoms with Crippen molar-refractivity contribution in [3.05, 3.63) is 92.4 Å². The van der Waals surface area contributed by atoms with E-state index in [1.165, 1.54) is 35.2 Å². The number of nitrogens with one attached hydrogen (secondary N) is 1. The number of nitrogens with zero attached hydrogens (tertiary/aromatic N) is 2. The minimum absolute atomic E-state index is 0.0205. The first-order chi connectivity index (χ1) is 19.3. The van der Waals surface area contributed by atoms with E-state index in [9.17, 15) is 18.0 Å². The molecule has 0 spiro atoms. The number of carbonyl (C=O) groups excluding carboxylic acids is 2. The summed E-state index contributed by atoms with van der Waals surface area (Å²) in [6, 6.07) is 16.0. The molecule has 1 atom stereocenters. The monoisotopic (exact) mass is 657 g/mol. The number of benzene rings is 3. The van der Waals surface area contributed by atoms with Crippen LogP contribution in [0.25, 0.3) is 0 Å². The lowest BCUT2D eigenvalue weighted by atomic mass is 10.1. The fraction of sp³-hybridized carbons (Fsp3) is 0.310. The lowest BCUT2D eigenvalue weighted by Gasteiger charge is -2.33. The molecule has 0 aromatic heterocycles. The largest absolute Gasteiger partial charge is 0.354 e. The number of hydrogen-bond donors (Lipinski definition) is 1. The van der Waals surface area contributed by atoms with Crippen molar-refractivity contribution in [2.75, 3.05) is 17.4 Å². The molecular weight excluding hydrogens is 628 g/mol. The first-order valence-electron chi connectivity index (χ1n) is 12.9. The molecule has 0 saturated heterocycles. The third kappa shape index (κ3) is 8.52. The number of hydrogen-bond acceptors (Lipinski definition) is 4. The minimum Gasteiger partial charge on any atom is -0.354 e. The van der Waals surface area contributed by atoms with Gasteiger partial charge in [0.15, 0.2) is 0 Å². The fourth-order valence-corrected chi connectivity index (χ4v) is 6.25. The lowest BCUT2D eigenvalue weighted by Crippen LogP contribution is -2.52. The van der Waals surface area contributed by atoms with E-state index in [-0.39, 0.29) is 45.4 Å². The molecule has 0 heterocycles. The highest BCUT2D eigenvalue weighted by Crippen LogP contribution is 2.31. The predicted molar refractivity (Wildman–Crippen MR) is 166 cm³/mol. The summed E-state index contributed by atoms with van der Waals surface area (Å²) in [5.41, 5.74) is 0.685. The minimum atomic E-state index is -4.23. The van der Waals surface area contributed by atoms with Crippen LogP contribution >= 0.6 is 46.4 Å². The molecule has 220 valence electrons.